The summed E-state index contributed by atoms with van der Waals surface area (Å²) in [6.07, 6.45) is 2.00. The molecule has 0 aliphatic heterocycles. The van der Waals surface area contributed by atoms with E-state index in [9.17, 15) is 0 Å². The summed E-state index contributed by atoms with van der Waals surface area (Å²) in [7, 11) is 0. The lowest BCUT2D eigenvalue weighted by Crippen LogP contribution is -2.59. The van der Waals surface area contributed by atoms with Gasteiger partial charge in [0.15, 0.2) is 0 Å². The molecule has 2 rings (SSSR count). The first kappa shape index (κ1) is 15.3. The fourth-order valence-corrected chi connectivity index (χ4v) is 2.43. The standard InChI is InChI=1S/C17H27NO2/c1-5-9-19-16-14(18)11-15(16)20-13-8-6-7-12(10-13)17(2,3)4/h6-8,10,14-16H,5,9,11,18H2,1-4H3. The minimum Gasteiger partial charge on any atom is -0.488 e. The van der Waals surface area contributed by atoms with Gasteiger partial charge in [-0.2, -0.15) is 0 Å². The molecule has 3 nitrogen and oxygen atoms in total. The molecule has 20 heavy (non-hydrogen) atoms. The number of hydrogen-bond acceptors (Lipinski definition) is 3. The average molecular weight is 277 g/mol. The van der Waals surface area contributed by atoms with E-state index in [1.54, 1.807) is 0 Å². The van der Waals surface area contributed by atoms with E-state index in [0.29, 0.717) is 0 Å². The van der Waals surface area contributed by atoms with E-state index in [4.69, 9.17) is 15.2 Å². The molecule has 1 aliphatic carbocycles. The molecule has 1 aromatic carbocycles. The Hall–Kier alpha value is -1.06. The van der Waals surface area contributed by atoms with Crippen molar-refractivity contribution in [2.45, 2.75) is 64.2 Å². The van der Waals surface area contributed by atoms with Crippen molar-refractivity contribution in [3.8, 4) is 5.75 Å². The van der Waals surface area contributed by atoms with Gasteiger partial charge in [-0.25, -0.2) is 0 Å². The maximum absolute atomic E-state index is 6.06. The quantitative estimate of drug-likeness (QED) is 0.898. The number of rotatable bonds is 5. The second-order valence-electron chi connectivity index (χ2n) is 6.67. The molecular formula is C17H27NO2. The predicted octanol–water partition coefficient (Wildman–Crippen LogP) is 3.26. The molecule has 112 valence electrons. The Balaban J connectivity index is 2.00. The van der Waals surface area contributed by atoms with E-state index >= 15 is 0 Å². The minimum atomic E-state index is 0.0354. The van der Waals surface area contributed by atoms with E-state index in [1.807, 2.05) is 6.07 Å². The summed E-state index contributed by atoms with van der Waals surface area (Å²) in [5.74, 6) is 0.916. The molecule has 0 radical (unpaired) electrons. The van der Waals surface area contributed by atoms with Crippen LogP contribution in [-0.4, -0.2) is 24.9 Å². The molecule has 1 fully saturated rings. The van der Waals surface area contributed by atoms with Gasteiger partial charge < -0.3 is 15.2 Å². The van der Waals surface area contributed by atoms with E-state index in [1.165, 1.54) is 5.56 Å². The fourth-order valence-electron chi connectivity index (χ4n) is 2.43. The Morgan fingerprint density at radius 2 is 2.05 bits per heavy atom. The zero-order valence-electron chi connectivity index (χ0n) is 13.1. The molecule has 0 bridgehead atoms. The third-order valence-electron chi connectivity index (χ3n) is 3.79. The minimum absolute atomic E-state index is 0.0354. The molecule has 1 saturated carbocycles. The van der Waals surface area contributed by atoms with Crippen molar-refractivity contribution in [3.05, 3.63) is 29.8 Å². The summed E-state index contributed by atoms with van der Waals surface area (Å²) in [5, 5.41) is 0. The fraction of sp³-hybridized carbons (Fsp3) is 0.647. The molecule has 3 unspecified atom stereocenters. The van der Waals surface area contributed by atoms with Gasteiger partial charge in [-0.3, -0.25) is 0 Å². The molecule has 2 N–H and O–H groups in total. The molecule has 3 atom stereocenters. The number of nitrogens with two attached hydrogens (primary N) is 1. The highest BCUT2D eigenvalue weighted by molar-refractivity contribution is 5.33. The van der Waals surface area contributed by atoms with Crippen LogP contribution < -0.4 is 10.5 Å². The van der Waals surface area contributed by atoms with Gasteiger partial charge in [-0.15, -0.1) is 0 Å². The van der Waals surface area contributed by atoms with Crippen molar-refractivity contribution in [2.75, 3.05) is 6.61 Å². The summed E-state index contributed by atoms with van der Waals surface area (Å²) < 4.78 is 11.8. The lowest BCUT2D eigenvalue weighted by Gasteiger charge is -2.41. The normalized spacial score (nSPS) is 26.1. The Bertz CT molecular complexity index is 439. The molecular weight excluding hydrogens is 250 g/mol. The molecule has 0 saturated heterocycles. The first-order valence-corrected chi connectivity index (χ1v) is 7.56. The van der Waals surface area contributed by atoms with Gasteiger partial charge in [0.25, 0.3) is 0 Å². The van der Waals surface area contributed by atoms with Gasteiger partial charge >= 0.3 is 0 Å². The molecule has 0 amide bonds. The number of hydrogen-bond donors (Lipinski definition) is 1. The van der Waals surface area contributed by atoms with Crippen LogP contribution in [0.4, 0.5) is 0 Å². The van der Waals surface area contributed by atoms with Crippen LogP contribution in [0.15, 0.2) is 24.3 Å². The van der Waals surface area contributed by atoms with Crippen LogP contribution in [-0.2, 0) is 10.2 Å². The monoisotopic (exact) mass is 277 g/mol. The average Bonchev–Trinajstić information content (AvgIpc) is 2.38. The van der Waals surface area contributed by atoms with Crippen LogP contribution in [0.3, 0.4) is 0 Å². The van der Waals surface area contributed by atoms with Gasteiger partial charge in [-0.1, -0.05) is 39.8 Å². The Morgan fingerprint density at radius 3 is 2.65 bits per heavy atom. The molecule has 1 aromatic rings. The molecule has 0 aromatic heterocycles. The summed E-state index contributed by atoms with van der Waals surface area (Å²) >= 11 is 0. The van der Waals surface area contributed by atoms with Gasteiger partial charge in [0, 0.05) is 19.1 Å². The van der Waals surface area contributed by atoms with Crippen molar-refractivity contribution in [1.29, 1.82) is 0 Å². The van der Waals surface area contributed by atoms with E-state index in [0.717, 1.165) is 25.2 Å². The van der Waals surface area contributed by atoms with Gasteiger partial charge in [0.2, 0.25) is 0 Å². The topological polar surface area (TPSA) is 44.5 Å². The largest absolute Gasteiger partial charge is 0.488 e. The van der Waals surface area contributed by atoms with Gasteiger partial charge in [0.1, 0.15) is 18.0 Å². The maximum Gasteiger partial charge on any atom is 0.128 e. The van der Waals surface area contributed by atoms with Crippen LogP contribution in [0.5, 0.6) is 5.75 Å². The molecule has 1 aliphatic rings. The lowest BCUT2D eigenvalue weighted by atomic mass is 9.85. The first-order chi connectivity index (χ1) is 9.41. The van der Waals surface area contributed by atoms with Crippen molar-refractivity contribution in [3.63, 3.8) is 0 Å². The highest BCUT2D eigenvalue weighted by Gasteiger charge is 2.41. The van der Waals surface area contributed by atoms with Crippen LogP contribution >= 0.6 is 0 Å². The van der Waals surface area contributed by atoms with Crippen LogP contribution in [0, 0.1) is 0 Å². The van der Waals surface area contributed by atoms with Crippen LogP contribution in [0.2, 0.25) is 0 Å². The van der Waals surface area contributed by atoms with Crippen molar-refractivity contribution >= 4 is 0 Å². The van der Waals surface area contributed by atoms with Crippen LogP contribution in [0.1, 0.15) is 46.1 Å². The third kappa shape index (κ3) is 3.53. The Kier molecular flexibility index (Phi) is 4.71. The Labute approximate surface area is 122 Å². The zero-order chi connectivity index (χ0) is 14.8. The van der Waals surface area contributed by atoms with E-state index in [-0.39, 0.29) is 23.7 Å². The smallest absolute Gasteiger partial charge is 0.128 e. The van der Waals surface area contributed by atoms with Crippen LogP contribution in [0.25, 0.3) is 0 Å². The van der Waals surface area contributed by atoms with E-state index < -0.39 is 0 Å². The SMILES string of the molecule is CCCOC1C(N)CC1Oc1cccc(C(C)(C)C)c1. The third-order valence-corrected chi connectivity index (χ3v) is 3.79. The summed E-state index contributed by atoms with van der Waals surface area (Å²) in [4.78, 5) is 0. The van der Waals surface area contributed by atoms with Crippen molar-refractivity contribution in [2.24, 2.45) is 5.73 Å². The lowest BCUT2D eigenvalue weighted by molar-refractivity contribution is -0.0980. The van der Waals surface area contributed by atoms with Gasteiger partial charge in [-0.05, 0) is 29.5 Å². The molecule has 3 heteroatoms. The summed E-state index contributed by atoms with van der Waals surface area (Å²) in [5.41, 5.74) is 7.42. The summed E-state index contributed by atoms with van der Waals surface area (Å²) in [6, 6.07) is 8.44. The maximum atomic E-state index is 6.06. The number of benzene rings is 1. The molecule has 0 spiro atoms. The van der Waals surface area contributed by atoms with Crippen molar-refractivity contribution < 1.29 is 9.47 Å². The first-order valence-electron chi connectivity index (χ1n) is 7.56. The number of ether oxygens (including phenoxy) is 2. The zero-order valence-corrected chi connectivity index (χ0v) is 13.1. The highest BCUT2D eigenvalue weighted by atomic mass is 16.5. The summed E-state index contributed by atoms with van der Waals surface area (Å²) in [6.45, 7) is 9.47. The van der Waals surface area contributed by atoms with E-state index in [2.05, 4.69) is 45.9 Å². The predicted molar refractivity (Wildman–Crippen MR) is 82.2 cm³/mol. The Morgan fingerprint density at radius 1 is 1.30 bits per heavy atom. The van der Waals surface area contributed by atoms with Gasteiger partial charge in [0.05, 0.1) is 0 Å². The van der Waals surface area contributed by atoms with Crippen molar-refractivity contribution in [1.82, 2.24) is 0 Å². The highest BCUT2D eigenvalue weighted by Crippen LogP contribution is 2.30. The second kappa shape index (κ2) is 6.15. The second-order valence-corrected chi connectivity index (χ2v) is 6.67. The molecule has 0 heterocycles.